The first-order valence-electron chi connectivity index (χ1n) is 5.04. The summed E-state index contributed by atoms with van der Waals surface area (Å²) in [6.45, 7) is 0. The van der Waals surface area contributed by atoms with Crippen molar-refractivity contribution in [3.8, 4) is 5.88 Å². The Hall–Kier alpha value is -2.13. The highest BCUT2D eigenvalue weighted by Gasteiger charge is 2.08. The molecule has 0 spiro atoms. The average Bonchev–Trinajstić information content (AvgIpc) is 2.64. The van der Waals surface area contributed by atoms with E-state index in [0.29, 0.717) is 14.6 Å². The molecule has 0 amide bonds. The van der Waals surface area contributed by atoms with Crippen LogP contribution < -0.4 is 0 Å². The maximum absolute atomic E-state index is 10.5. The first-order valence-corrected chi connectivity index (χ1v) is 6.26. The molecule has 0 unspecified atom stereocenters. The van der Waals surface area contributed by atoms with Crippen LogP contribution in [0.25, 0.3) is 0 Å². The van der Waals surface area contributed by atoms with E-state index in [1.165, 1.54) is 28.8 Å². The second-order valence-electron chi connectivity index (χ2n) is 3.53. The van der Waals surface area contributed by atoms with Crippen molar-refractivity contribution in [1.82, 2.24) is 4.57 Å². The number of rotatable bonds is 3. The third kappa shape index (κ3) is 2.83. The second-order valence-corrected chi connectivity index (χ2v) is 5.15. The highest BCUT2D eigenvalue weighted by Crippen LogP contribution is 2.34. The lowest BCUT2D eigenvalue weighted by molar-refractivity contribution is -0.384. The van der Waals surface area contributed by atoms with E-state index in [2.05, 4.69) is 10.2 Å². The van der Waals surface area contributed by atoms with Crippen LogP contribution in [0.2, 0.25) is 0 Å². The fourth-order valence-corrected chi connectivity index (χ4v) is 2.26. The molecular formula is C10H8N4O3S2. The quantitative estimate of drug-likeness (QED) is 0.403. The number of aromatic nitrogens is 1. The molecule has 0 aliphatic carbocycles. The summed E-state index contributed by atoms with van der Waals surface area (Å²) in [5, 5.41) is 28.2. The monoisotopic (exact) mass is 296 g/mol. The molecule has 0 aliphatic rings. The minimum absolute atomic E-state index is 0.0165. The average molecular weight is 296 g/mol. The van der Waals surface area contributed by atoms with Gasteiger partial charge in [0.25, 0.3) is 5.69 Å². The van der Waals surface area contributed by atoms with Crippen molar-refractivity contribution in [2.24, 2.45) is 17.3 Å². The van der Waals surface area contributed by atoms with E-state index in [0.717, 1.165) is 11.3 Å². The number of aromatic hydroxyl groups is 1. The van der Waals surface area contributed by atoms with Crippen LogP contribution in [0, 0.1) is 14.1 Å². The second kappa shape index (κ2) is 5.24. The van der Waals surface area contributed by atoms with Gasteiger partial charge in [0, 0.05) is 19.2 Å². The van der Waals surface area contributed by atoms with Crippen molar-refractivity contribution < 1.29 is 10.0 Å². The SMILES string of the molecule is Cn1c(O)c(N=Nc2ccc([N+](=O)[O-])cc2)sc1=S. The van der Waals surface area contributed by atoms with E-state index in [-0.39, 0.29) is 11.6 Å². The van der Waals surface area contributed by atoms with Crippen molar-refractivity contribution in [1.29, 1.82) is 0 Å². The fraction of sp³-hybridized carbons (Fsp3) is 0.100. The lowest BCUT2D eigenvalue weighted by Gasteiger charge is -1.93. The molecule has 0 atom stereocenters. The van der Waals surface area contributed by atoms with Crippen molar-refractivity contribution in [2.75, 3.05) is 0 Å². The fourth-order valence-electron chi connectivity index (χ4n) is 1.24. The Kier molecular flexibility index (Phi) is 3.67. The van der Waals surface area contributed by atoms with Crippen molar-refractivity contribution in [2.45, 2.75) is 0 Å². The molecule has 1 aromatic carbocycles. The van der Waals surface area contributed by atoms with Gasteiger partial charge in [0.15, 0.2) is 3.95 Å². The Balaban J connectivity index is 2.25. The first kappa shape index (κ1) is 13.3. The number of thiazole rings is 1. The standard InChI is InChI=1S/C10H8N4O3S2/c1-13-9(15)8(19-10(13)18)12-11-6-2-4-7(5-3-6)14(16)17/h2-5,15H,1H3. The van der Waals surface area contributed by atoms with Gasteiger partial charge in [0.1, 0.15) is 0 Å². The maximum Gasteiger partial charge on any atom is 0.269 e. The van der Waals surface area contributed by atoms with Crippen LogP contribution in [-0.2, 0) is 7.05 Å². The van der Waals surface area contributed by atoms with E-state index in [1.54, 1.807) is 7.05 Å². The van der Waals surface area contributed by atoms with Gasteiger partial charge in [-0.1, -0.05) is 11.3 Å². The van der Waals surface area contributed by atoms with E-state index in [4.69, 9.17) is 12.2 Å². The smallest absolute Gasteiger partial charge is 0.269 e. The number of nitro benzene ring substituents is 1. The van der Waals surface area contributed by atoms with Crippen LogP contribution in [-0.4, -0.2) is 14.6 Å². The van der Waals surface area contributed by atoms with Gasteiger partial charge in [-0.15, -0.1) is 10.2 Å². The van der Waals surface area contributed by atoms with Gasteiger partial charge >= 0.3 is 0 Å². The highest BCUT2D eigenvalue weighted by atomic mass is 32.1. The van der Waals surface area contributed by atoms with E-state index < -0.39 is 4.92 Å². The highest BCUT2D eigenvalue weighted by molar-refractivity contribution is 7.73. The minimum atomic E-state index is -0.491. The predicted octanol–water partition coefficient (Wildman–Crippen LogP) is 3.85. The van der Waals surface area contributed by atoms with Crippen molar-refractivity contribution in [3.63, 3.8) is 0 Å². The molecule has 0 bridgehead atoms. The van der Waals surface area contributed by atoms with Crippen LogP contribution >= 0.6 is 23.6 Å². The third-order valence-electron chi connectivity index (χ3n) is 2.28. The normalized spacial score (nSPS) is 11.0. The van der Waals surface area contributed by atoms with Gasteiger partial charge < -0.3 is 5.11 Å². The summed E-state index contributed by atoms with van der Waals surface area (Å²) in [5.41, 5.74) is 0.434. The molecule has 0 saturated heterocycles. The lowest BCUT2D eigenvalue weighted by Crippen LogP contribution is -1.85. The first-order chi connectivity index (χ1) is 8.99. The van der Waals surface area contributed by atoms with Crippen LogP contribution in [0.1, 0.15) is 0 Å². The van der Waals surface area contributed by atoms with Crippen LogP contribution in [0.5, 0.6) is 5.88 Å². The summed E-state index contributed by atoms with van der Waals surface area (Å²) in [4.78, 5) is 9.99. The van der Waals surface area contributed by atoms with E-state index in [9.17, 15) is 15.2 Å². The molecule has 19 heavy (non-hydrogen) atoms. The van der Waals surface area contributed by atoms with Gasteiger partial charge in [-0.2, -0.15) is 0 Å². The number of hydrogen-bond donors (Lipinski definition) is 1. The summed E-state index contributed by atoms with van der Waals surface area (Å²) in [7, 11) is 1.62. The number of azo groups is 1. The molecule has 1 aromatic heterocycles. The molecule has 0 radical (unpaired) electrons. The van der Waals surface area contributed by atoms with Gasteiger partial charge in [-0.3, -0.25) is 14.7 Å². The molecular weight excluding hydrogens is 288 g/mol. The number of benzene rings is 1. The molecule has 0 aliphatic heterocycles. The zero-order valence-electron chi connectivity index (χ0n) is 9.68. The van der Waals surface area contributed by atoms with E-state index in [1.807, 2.05) is 0 Å². The Morgan fingerprint density at radius 3 is 2.47 bits per heavy atom. The minimum Gasteiger partial charge on any atom is -0.492 e. The van der Waals surface area contributed by atoms with Crippen molar-refractivity contribution in [3.05, 3.63) is 38.3 Å². The van der Waals surface area contributed by atoms with Crippen LogP contribution in [0.4, 0.5) is 16.4 Å². The Morgan fingerprint density at radius 1 is 1.37 bits per heavy atom. The summed E-state index contributed by atoms with van der Waals surface area (Å²) >= 11 is 6.11. The number of hydrogen-bond acceptors (Lipinski definition) is 7. The molecule has 7 nitrogen and oxygen atoms in total. The molecule has 0 saturated carbocycles. The van der Waals surface area contributed by atoms with E-state index >= 15 is 0 Å². The summed E-state index contributed by atoms with van der Waals surface area (Å²) in [5.74, 6) is -0.0549. The van der Waals surface area contributed by atoms with Gasteiger partial charge in [0.2, 0.25) is 10.9 Å². The predicted molar refractivity (Wildman–Crippen MR) is 73.1 cm³/mol. The summed E-state index contributed by atoms with van der Waals surface area (Å²) in [6.07, 6.45) is 0. The third-order valence-corrected chi connectivity index (χ3v) is 3.71. The molecule has 9 heteroatoms. The molecule has 2 rings (SSSR count). The Morgan fingerprint density at radius 2 is 2.00 bits per heavy atom. The largest absolute Gasteiger partial charge is 0.492 e. The topological polar surface area (TPSA) is 93.0 Å². The number of nitrogens with zero attached hydrogens (tertiary/aromatic N) is 4. The Bertz CT molecular complexity index is 703. The van der Waals surface area contributed by atoms with Gasteiger partial charge in [-0.25, -0.2) is 0 Å². The summed E-state index contributed by atoms with van der Waals surface area (Å²) < 4.78 is 1.90. The van der Waals surface area contributed by atoms with Gasteiger partial charge in [-0.05, 0) is 24.4 Å². The van der Waals surface area contributed by atoms with Crippen LogP contribution in [0.15, 0.2) is 34.5 Å². The van der Waals surface area contributed by atoms with Crippen LogP contribution in [0.3, 0.4) is 0 Å². The van der Waals surface area contributed by atoms with Gasteiger partial charge in [0.05, 0.1) is 10.6 Å². The lowest BCUT2D eigenvalue weighted by atomic mass is 10.3. The molecule has 98 valence electrons. The molecule has 0 fully saturated rings. The number of non-ortho nitro benzene ring substituents is 1. The zero-order chi connectivity index (χ0) is 14.0. The zero-order valence-corrected chi connectivity index (χ0v) is 11.3. The molecule has 1 heterocycles. The molecule has 2 aromatic rings. The number of nitro groups is 1. The molecule has 1 N–H and O–H groups in total. The summed E-state index contributed by atoms with van der Waals surface area (Å²) in [6, 6.07) is 5.62. The Labute approximate surface area is 116 Å². The maximum atomic E-state index is 10.5. The van der Waals surface area contributed by atoms with Crippen molar-refractivity contribution >= 4 is 39.9 Å².